The molecule has 1 fully saturated rings. The molecule has 1 aliphatic heterocycles. The first kappa shape index (κ1) is 12.7. The minimum Gasteiger partial charge on any atom is -0.397 e. The summed E-state index contributed by atoms with van der Waals surface area (Å²) < 4.78 is 24.2. The van der Waals surface area contributed by atoms with Gasteiger partial charge in [0.25, 0.3) is 0 Å². The molecule has 1 atom stereocenters. The molecule has 0 amide bonds. The van der Waals surface area contributed by atoms with Gasteiger partial charge < -0.3 is 10.7 Å². The van der Waals surface area contributed by atoms with Crippen LogP contribution in [0.5, 0.6) is 0 Å². The highest BCUT2D eigenvalue weighted by atomic mass is 35.5. The molecular weight excluding hydrogens is 286 g/mol. The molecule has 0 radical (unpaired) electrons. The Bertz CT molecular complexity index is 739. The van der Waals surface area contributed by atoms with Gasteiger partial charge in [-0.05, 0) is 25.0 Å². The standard InChI is InChI=1S/C12H14ClN3O2S/c13-7-5-8(14)11-9(6-7)15-12(16-11)10-3-1-2-4-19(10,17)18/h5-6,10H,1-4,14H2,(H,15,16). The van der Waals surface area contributed by atoms with Crippen LogP contribution in [-0.2, 0) is 9.84 Å². The third-order valence-corrected chi connectivity index (χ3v) is 5.88. The minimum atomic E-state index is -3.11. The average molecular weight is 300 g/mol. The Labute approximate surface area is 116 Å². The topological polar surface area (TPSA) is 88.8 Å². The SMILES string of the molecule is Nc1cc(Cl)cc2[nH]c(C3CCCCS3(=O)=O)nc12. The molecule has 3 rings (SSSR count). The third kappa shape index (κ3) is 2.19. The predicted octanol–water partition coefficient (Wildman–Crippen LogP) is 2.44. The zero-order valence-corrected chi connectivity index (χ0v) is 11.8. The number of nitrogens with two attached hydrogens (primary N) is 1. The Morgan fingerprint density at radius 2 is 2.16 bits per heavy atom. The van der Waals surface area contributed by atoms with Gasteiger partial charge in [-0.15, -0.1) is 0 Å². The summed E-state index contributed by atoms with van der Waals surface area (Å²) in [5.74, 6) is 0.703. The number of nitrogens with zero attached hydrogens (tertiary/aromatic N) is 1. The smallest absolute Gasteiger partial charge is 0.160 e. The van der Waals surface area contributed by atoms with E-state index in [1.54, 1.807) is 12.1 Å². The molecule has 1 aromatic heterocycles. The number of hydrogen-bond acceptors (Lipinski definition) is 4. The molecule has 1 unspecified atom stereocenters. The zero-order chi connectivity index (χ0) is 13.6. The summed E-state index contributed by atoms with van der Waals surface area (Å²) in [6, 6.07) is 3.32. The van der Waals surface area contributed by atoms with E-state index in [0.29, 0.717) is 34.0 Å². The summed E-state index contributed by atoms with van der Waals surface area (Å²) in [6.07, 6.45) is 2.24. The second-order valence-electron chi connectivity index (χ2n) is 4.86. The van der Waals surface area contributed by atoms with Crippen LogP contribution in [0.25, 0.3) is 11.0 Å². The van der Waals surface area contributed by atoms with E-state index in [0.717, 1.165) is 12.8 Å². The van der Waals surface area contributed by atoms with Crippen molar-refractivity contribution >= 4 is 38.2 Å². The predicted molar refractivity (Wildman–Crippen MR) is 75.9 cm³/mol. The lowest BCUT2D eigenvalue weighted by molar-refractivity contribution is 0.540. The van der Waals surface area contributed by atoms with E-state index in [2.05, 4.69) is 9.97 Å². The number of rotatable bonds is 1. The third-order valence-electron chi connectivity index (χ3n) is 3.48. The van der Waals surface area contributed by atoms with Crippen molar-refractivity contribution in [3.05, 3.63) is 23.0 Å². The molecule has 5 nitrogen and oxygen atoms in total. The van der Waals surface area contributed by atoms with E-state index in [1.807, 2.05) is 0 Å². The number of halogens is 1. The molecule has 1 aliphatic rings. The first-order chi connectivity index (χ1) is 8.97. The van der Waals surface area contributed by atoms with Crippen molar-refractivity contribution in [3.8, 4) is 0 Å². The van der Waals surface area contributed by atoms with Crippen LogP contribution in [0.15, 0.2) is 12.1 Å². The molecule has 2 aromatic rings. The Balaban J connectivity index is 2.13. The largest absolute Gasteiger partial charge is 0.397 e. The fourth-order valence-corrected chi connectivity index (χ4v) is 4.64. The Morgan fingerprint density at radius 1 is 1.37 bits per heavy atom. The highest BCUT2D eigenvalue weighted by molar-refractivity contribution is 7.91. The summed E-state index contributed by atoms with van der Waals surface area (Å²) in [5.41, 5.74) is 7.57. The lowest BCUT2D eigenvalue weighted by atomic mass is 10.2. The van der Waals surface area contributed by atoms with Gasteiger partial charge in [0, 0.05) is 5.02 Å². The number of H-pyrrole nitrogens is 1. The normalized spacial score (nSPS) is 22.7. The van der Waals surface area contributed by atoms with Crippen LogP contribution < -0.4 is 5.73 Å². The zero-order valence-electron chi connectivity index (χ0n) is 10.2. The molecule has 0 saturated carbocycles. The molecule has 0 aliphatic carbocycles. The van der Waals surface area contributed by atoms with Crippen LogP contribution in [0.2, 0.25) is 5.02 Å². The van der Waals surface area contributed by atoms with Gasteiger partial charge in [0.2, 0.25) is 0 Å². The number of fused-ring (bicyclic) bond motifs is 1. The van der Waals surface area contributed by atoms with Gasteiger partial charge in [0.05, 0.1) is 17.0 Å². The number of aromatic nitrogens is 2. The van der Waals surface area contributed by atoms with E-state index in [4.69, 9.17) is 17.3 Å². The van der Waals surface area contributed by atoms with Crippen LogP contribution >= 0.6 is 11.6 Å². The second-order valence-corrected chi connectivity index (χ2v) is 7.60. The van der Waals surface area contributed by atoms with Crippen LogP contribution in [-0.4, -0.2) is 24.1 Å². The molecule has 2 heterocycles. The number of anilines is 1. The maximum absolute atomic E-state index is 12.1. The molecule has 1 aromatic carbocycles. The molecule has 1 saturated heterocycles. The van der Waals surface area contributed by atoms with Crippen LogP contribution in [0.1, 0.15) is 30.3 Å². The van der Waals surface area contributed by atoms with Crippen molar-refractivity contribution in [1.82, 2.24) is 9.97 Å². The van der Waals surface area contributed by atoms with Gasteiger partial charge in [-0.1, -0.05) is 18.0 Å². The number of imidazole rings is 1. The van der Waals surface area contributed by atoms with Gasteiger partial charge >= 0.3 is 0 Å². The number of nitrogens with one attached hydrogen (secondary N) is 1. The van der Waals surface area contributed by atoms with Crippen molar-refractivity contribution in [2.24, 2.45) is 0 Å². The van der Waals surface area contributed by atoms with Crippen molar-refractivity contribution < 1.29 is 8.42 Å². The van der Waals surface area contributed by atoms with Crippen LogP contribution in [0, 0.1) is 0 Å². The van der Waals surface area contributed by atoms with E-state index >= 15 is 0 Å². The fraction of sp³-hybridized carbons (Fsp3) is 0.417. The minimum absolute atomic E-state index is 0.227. The molecular formula is C12H14ClN3O2S. The maximum atomic E-state index is 12.1. The van der Waals surface area contributed by atoms with Crippen molar-refractivity contribution in [2.45, 2.75) is 24.5 Å². The maximum Gasteiger partial charge on any atom is 0.160 e. The Kier molecular flexibility index (Phi) is 2.94. The number of aromatic amines is 1. The van der Waals surface area contributed by atoms with Crippen LogP contribution in [0.3, 0.4) is 0 Å². The van der Waals surface area contributed by atoms with E-state index in [9.17, 15) is 8.42 Å². The lowest BCUT2D eigenvalue weighted by Gasteiger charge is -2.20. The van der Waals surface area contributed by atoms with Gasteiger partial charge in [0.1, 0.15) is 16.6 Å². The number of hydrogen-bond donors (Lipinski definition) is 2. The fourth-order valence-electron chi connectivity index (χ4n) is 2.54. The molecule has 3 N–H and O–H groups in total. The summed E-state index contributed by atoms with van der Waals surface area (Å²) in [4.78, 5) is 7.40. The highest BCUT2D eigenvalue weighted by Gasteiger charge is 2.32. The molecule has 0 bridgehead atoms. The summed E-state index contributed by atoms with van der Waals surface area (Å²) in [7, 11) is -3.11. The first-order valence-electron chi connectivity index (χ1n) is 6.13. The molecule has 102 valence electrons. The highest BCUT2D eigenvalue weighted by Crippen LogP contribution is 2.34. The van der Waals surface area contributed by atoms with E-state index in [-0.39, 0.29) is 5.75 Å². The monoisotopic (exact) mass is 299 g/mol. The number of benzene rings is 1. The van der Waals surface area contributed by atoms with E-state index in [1.165, 1.54) is 0 Å². The van der Waals surface area contributed by atoms with Crippen LogP contribution in [0.4, 0.5) is 5.69 Å². The van der Waals surface area contributed by atoms with Crippen molar-refractivity contribution in [2.75, 3.05) is 11.5 Å². The summed E-state index contributed by atoms with van der Waals surface area (Å²) in [6.45, 7) is 0. The van der Waals surface area contributed by atoms with Crippen molar-refractivity contribution in [1.29, 1.82) is 0 Å². The number of nitrogen functional groups attached to an aromatic ring is 1. The molecule has 19 heavy (non-hydrogen) atoms. The van der Waals surface area contributed by atoms with Gasteiger partial charge in [-0.3, -0.25) is 0 Å². The lowest BCUT2D eigenvalue weighted by Crippen LogP contribution is -2.22. The van der Waals surface area contributed by atoms with Gasteiger partial charge in [-0.25, -0.2) is 13.4 Å². The molecule has 0 spiro atoms. The van der Waals surface area contributed by atoms with Crippen molar-refractivity contribution in [3.63, 3.8) is 0 Å². The second kappa shape index (κ2) is 4.38. The van der Waals surface area contributed by atoms with E-state index < -0.39 is 15.1 Å². The van der Waals surface area contributed by atoms with Gasteiger partial charge in [0.15, 0.2) is 9.84 Å². The van der Waals surface area contributed by atoms with Gasteiger partial charge in [-0.2, -0.15) is 0 Å². The summed E-state index contributed by atoms with van der Waals surface area (Å²) in [5, 5.41) is -0.0430. The number of sulfone groups is 1. The first-order valence-corrected chi connectivity index (χ1v) is 8.23. The molecule has 7 heteroatoms. The summed E-state index contributed by atoms with van der Waals surface area (Å²) >= 11 is 5.93. The Morgan fingerprint density at radius 3 is 2.89 bits per heavy atom. The quantitative estimate of drug-likeness (QED) is 0.792. The average Bonchev–Trinajstić information content (AvgIpc) is 2.72. The Hall–Kier alpha value is -1.27.